The zero-order chi connectivity index (χ0) is 40.9. The first-order valence-electron chi connectivity index (χ1n) is 21.7. The molecule has 0 aromatic rings. The second kappa shape index (κ2) is 15.6. The summed E-state index contributed by atoms with van der Waals surface area (Å²) < 4.78 is 0. The van der Waals surface area contributed by atoms with Crippen molar-refractivity contribution < 1.29 is 28.8 Å². The number of amides is 2. The molecule has 55 heavy (non-hydrogen) atoms. The van der Waals surface area contributed by atoms with Crippen LogP contribution in [0.3, 0.4) is 0 Å². The number of ketones is 4. The molecule has 5 rings (SSSR count). The maximum Gasteiger partial charge on any atom is 0.227 e. The molecule has 2 amide bonds. The molecule has 3 saturated carbocycles. The second-order valence-electron chi connectivity index (χ2n) is 22.2. The molecule has 308 valence electrons. The lowest BCUT2D eigenvalue weighted by atomic mass is 9.72. The van der Waals surface area contributed by atoms with Gasteiger partial charge < -0.3 is 9.80 Å². The van der Waals surface area contributed by atoms with Gasteiger partial charge in [0.1, 0.15) is 5.78 Å². The van der Waals surface area contributed by atoms with Gasteiger partial charge in [0, 0.05) is 69.0 Å². The van der Waals surface area contributed by atoms with Crippen LogP contribution in [0.5, 0.6) is 0 Å². The summed E-state index contributed by atoms with van der Waals surface area (Å²) in [6.45, 7) is 26.7. The monoisotopic (exact) mass is 763 g/mol. The van der Waals surface area contributed by atoms with Gasteiger partial charge in [-0.2, -0.15) is 0 Å². The number of piperidine rings is 1. The molecule has 2 heterocycles. The highest BCUT2D eigenvalue weighted by molar-refractivity contribution is 6.38. The molecular weight excluding hydrogens is 689 g/mol. The highest BCUT2D eigenvalue weighted by Gasteiger charge is 2.85. The molecule has 0 radical (unpaired) electrons. The van der Waals surface area contributed by atoms with Gasteiger partial charge in [-0.25, -0.2) is 0 Å². The number of hydrogen-bond donors (Lipinski definition) is 0. The average Bonchev–Trinajstić information content (AvgIpc) is 3.25. The number of nitrogens with zero attached hydrogens (tertiary/aromatic N) is 2. The van der Waals surface area contributed by atoms with Crippen molar-refractivity contribution in [3.05, 3.63) is 12.7 Å². The van der Waals surface area contributed by atoms with Crippen molar-refractivity contribution in [3.63, 3.8) is 0 Å². The maximum absolute atomic E-state index is 15.1. The Morgan fingerprint density at radius 1 is 0.873 bits per heavy atom. The molecule has 2 spiro atoms. The average molecular weight is 763 g/mol. The van der Waals surface area contributed by atoms with Crippen molar-refractivity contribution in [2.24, 2.45) is 56.2 Å². The molecule has 0 bridgehead atoms. The van der Waals surface area contributed by atoms with E-state index in [0.29, 0.717) is 51.2 Å². The minimum absolute atomic E-state index is 0.0150. The summed E-state index contributed by atoms with van der Waals surface area (Å²) in [4.78, 5) is 87.5. The number of hydrogen-bond acceptors (Lipinski definition) is 6. The van der Waals surface area contributed by atoms with E-state index in [0.717, 1.165) is 44.9 Å². The van der Waals surface area contributed by atoms with E-state index in [9.17, 15) is 24.0 Å². The van der Waals surface area contributed by atoms with Gasteiger partial charge >= 0.3 is 0 Å². The normalized spacial score (nSPS) is 27.2. The van der Waals surface area contributed by atoms with Gasteiger partial charge in [-0.3, -0.25) is 28.8 Å². The van der Waals surface area contributed by atoms with Gasteiger partial charge in [0.05, 0.1) is 6.04 Å². The molecule has 3 aliphatic carbocycles. The second-order valence-corrected chi connectivity index (χ2v) is 22.2. The quantitative estimate of drug-likeness (QED) is 0.108. The molecular formula is C47H74N2O6. The summed E-state index contributed by atoms with van der Waals surface area (Å²) >= 11 is 0. The van der Waals surface area contributed by atoms with Crippen molar-refractivity contribution in [1.82, 2.24) is 9.80 Å². The Bertz CT molecular complexity index is 1530. The minimum atomic E-state index is -0.677. The molecule has 2 saturated heterocycles. The van der Waals surface area contributed by atoms with Gasteiger partial charge in [0.15, 0.2) is 11.6 Å². The van der Waals surface area contributed by atoms with E-state index in [1.807, 2.05) is 30.6 Å². The fourth-order valence-electron chi connectivity index (χ4n) is 11.3. The summed E-state index contributed by atoms with van der Waals surface area (Å²) in [5.41, 5.74) is -0.891. The first-order valence-corrected chi connectivity index (χ1v) is 21.7. The van der Waals surface area contributed by atoms with E-state index < -0.39 is 34.9 Å². The lowest BCUT2D eigenvalue weighted by molar-refractivity contribution is -0.147. The number of fused-ring (bicyclic) bond motifs is 1. The standard InChI is InChI=1S/C47H74N2O6/c1-12-13-18-37(51)40(54)32(23-31-16-14-17-31)24-38(52)36-27-47(45(10,11)46(47)19-15-20-46)30-49(36)41(55)35(43(5,6)7)26-34(50)25-33(42(2,3)4)29-48-22-21-44(8,9)28-39(48)53/h12,31-33,35-36H,1,13-30H2,2-11H3/t32?,33-,35-,36+,47-/m1/s1. The van der Waals surface area contributed by atoms with Crippen LogP contribution < -0.4 is 0 Å². The van der Waals surface area contributed by atoms with E-state index >= 15 is 4.79 Å². The summed E-state index contributed by atoms with van der Waals surface area (Å²) in [5, 5.41) is 0. The van der Waals surface area contributed by atoms with E-state index in [2.05, 4.69) is 55.0 Å². The molecule has 0 aromatic carbocycles. The van der Waals surface area contributed by atoms with Gasteiger partial charge in [-0.15, -0.1) is 6.58 Å². The zero-order valence-corrected chi connectivity index (χ0v) is 36.2. The van der Waals surface area contributed by atoms with Gasteiger partial charge in [-0.1, -0.05) is 101 Å². The number of carbonyl (C=O) groups is 6. The van der Waals surface area contributed by atoms with E-state index in [-0.39, 0.29) is 82.1 Å². The van der Waals surface area contributed by atoms with Crippen molar-refractivity contribution in [2.75, 3.05) is 19.6 Å². The minimum Gasteiger partial charge on any atom is -0.342 e. The summed E-state index contributed by atoms with van der Waals surface area (Å²) in [7, 11) is 0. The van der Waals surface area contributed by atoms with Crippen LogP contribution in [0.2, 0.25) is 0 Å². The van der Waals surface area contributed by atoms with Gasteiger partial charge in [0.2, 0.25) is 17.6 Å². The third kappa shape index (κ3) is 8.50. The number of carbonyl (C=O) groups excluding carboxylic acids is 6. The highest BCUT2D eigenvalue weighted by atomic mass is 16.2. The Morgan fingerprint density at radius 2 is 1.53 bits per heavy atom. The molecule has 0 aromatic heterocycles. The topological polar surface area (TPSA) is 109 Å². The Hall–Kier alpha value is -2.64. The van der Waals surface area contributed by atoms with Crippen molar-refractivity contribution >= 4 is 34.9 Å². The van der Waals surface area contributed by atoms with Crippen LogP contribution in [0, 0.1) is 56.2 Å². The maximum atomic E-state index is 15.1. The SMILES string of the molecule is C=CCCC(=O)C(=O)C(CC(=O)[C@@H]1C[C@@]2(CN1C(=O)[C@@H](CC(=O)C[C@H](CN1CCC(C)(C)CC1=O)C(C)(C)C)C(C)(C)C)C(C)(C)C21CCC1)CC1CCC1. The molecule has 5 atom stereocenters. The molecule has 8 nitrogen and oxygen atoms in total. The predicted octanol–water partition coefficient (Wildman–Crippen LogP) is 8.98. The molecule has 8 heteroatoms. The number of allylic oxidation sites excluding steroid dienone is 1. The molecule has 5 fully saturated rings. The van der Waals surface area contributed by atoms with E-state index in [1.54, 1.807) is 6.08 Å². The van der Waals surface area contributed by atoms with Crippen LogP contribution >= 0.6 is 0 Å². The van der Waals surface area contributed by atoms with Crippen molar-refractivity contribution in [3.8, 4) is 0 Å². The van der Waals surface area contributed by atoms with Crippen molar-refractivity contribution in [1.29, 1.82) is 0 Å². The Balaban J connectivity index is 1.38. The third-order valence-corrected chi connectivity index (χ3v) is 15.9. The Labute approximate surface area is 332 Å². The Morgan fingerprint density at radius 3 is 2.02 bits per heavy atom. The first kappa shape index (κ1) is 43.5. The van der Waals surface area contributed by atoms with Gasteiger partial charge in [-0.05, 0) is 77.4 Å². The van der Waals surface area contributed by atoms with Crippen LogP contribution in [0.15, 0.2) is 12.7 Å². The number of likely N-dealkylation sites (tertiary alicyclic amines) is 2. The van der Waals surface area contributed by atoms with Crippen LogP contribution in [-0.2, 0) is 28.8 Å². The molecule has 0 N–H and O–H groups in total. The van der Waals surface area contributed by atoms with Crippen LogP contribution in [0.25, 0.3) is 0 Å². The molecule has 1 unspecified atom stereocenters. The number of rotatable bonds is 17. The predicted molar refractivity (Wildman–Crippen MR) is 217 cm³/mol. The van der Waals surface area contributed by atoms with Crippen molar-refractivity contribution in [2.45, 2.75) is 172 Å². The largest absolute Gasteiger partial charge is 0.342 e. The van der Waals surface area contributed by atoms with Crippen LogP contribution in [-0.4, -0.2) is 70.4 Å². The van der Waals surface area contributed by atoms with E-state index in [1.165, 1.54) is 0 Å². The van der Waals surface area contributed by atoms with Gasteiger partial charge in [0.25, 0.3) is 0 Å². The highest BCUT2D eigenvalue weighted by Crippen LogP contribution is 2.88. The van der Waals surface area contributed by atoms with E-state index in [4.69, 9.17) is 0 Å². The smallest absolute Gasteiger partial charge is 0.227 e. The first-order chi connectivity index (χ1) is 25.4. The van der Waals surface area contributed by atoms with Crippen LogP contribution in [0.1, 0.15) is 166 Å². The number of Topliss-reactive ketones (excluding diaryl/α,β-unsaturated/α-hetero) is 4. The molecule has 5 aliphatic rings. The fraction of sp³-hybridized carbons (Fsp3) is 0.830. The summed E-state index contributed by atoms with van der Waals surface area (Å²) in [6, 6.07) is -0.677. The molecule has 2 aliphatic heterocycles. The summed E-state index contributed by atoms with van der Waals surface area (Å²) in [6.07, 6.45) is 11.5. The zero-order valence-electron chi connectivity index (χ0n) is 36.2. The summed E-state index contributed by atoms with van der Waals surface area (Å²) in [5.74, 6) is -1.99. The third-order valence-electron chi connectivity index (χ3n) is 15.9. The fourth-order valence-corrected chi connectivity index (χ4v) is 11.3. The lowest BCUT2D eigenvalue weighted by Gasteiger charge is -2.41. The van der Waals surface area contributed by atoms with Crippen LogP contribution in [0.4, 0.5) is 0 Å². The Kier molecular flexibility index (Phi) is 12.3. The lowest BCUT2D eigenvalue weighted by Crippen LogP contribution is -2.48.